The number of benzene rings is 1. The van der Waals surface area contributed by atoms with E-state index in [1.807, 2.05) is 12.3 Å². The second kappa shape index (κ2) is 5.43. The van der Waals surface area contributed by atoms with E-state index in [0.717, 1.165) is 31.4 Å². The summed E-state index contributed by atoms with van der Waals surface area (Å²) in [6, 6.07) is 6.24. The molecule has 1 atom stereocenters. The molecule has 1 saturated heterocycles. The highest BCUT2D eigenvalue weighted by Gasteiger charge is 2.17. The van der Waals surface area contributed by atoms with Crippen LogP contribution in [0.25, 0.3) is 11.1 Å². The van der Waals surface area contributed by atoms with Crippen molar-refractivity contribution in [2.45, 2.75) is 25.5 Å². The van der Waals surface area contributed by atoms with Gasteiger partial charge in [0.1, 0.15) is 12.0 Å². The van der Waals surface area contributed by atoms with Crippen molar-refractivity contribution < 1.29 is 9.13 Å². The maximum absolute atomic E-state index is 13.5. The van der Waals surface area contributed by atoms with E-state index in [4.69, 9.17) is 10.00 Å². The van der Waals surface area contributed by atoms with Crippen molar-refractivity contribution in [1.29, 1.82) is 5.26 Å². The van der Waals surface area contributed by atoms with E-state index in [-0.39, 0.29) is 6.23 Å². The molecule has 1 aromatic carbocycles. The quantitative estimate of drug-likeness (QED) is 0.842. The van der Waals surface area contributed by atoms with Crippen molar-refractivity contribution in [2.24, 2.45) is 0 Å². The second-order valence-corrected chi connectivity index (χ2v) is 4.87. The summed E-state index contributed by atoms with van der Waals surface area (Å²) >= 11 is 0. The molecule has 3 rings (SSSR count). The lowest BCUT2D eigenvalue weighted by Gasteiger charge is -2.22. The monoisotopic (exact) mass is 271 g/mol. The average molecular weight is 271 g/mol. The van der Waals surface area contributed by atoms with Crippen LogP contribution in [0.4, 0.5) is 4.39 Å². The maximum Gasteiger partial charge on any atom is 0.150 e. The molecule has 5 heteroatoms. The van der Waals surface area contributed by atoms with E-state index in [0.29, 0.717) is 11.1 Å². The van der Waals surface area contributed by atoms with Crippen molar-refractivity contribution in [3.05, 3.63) is 42.0 Å². The molecule has 20 heavy (non-hydrogen) atoms. The zero-order chi connectivity index (χ0) is 13.9. The van der Waals surface area contributed by atoms with Crippen molar-refractivity contribution in [2.75, 3.05) is 6.61 Å². The summed E-state index contributed by atoms with van der Waals surface area (Å²) in [5.41, 5.74) is 1.75. The van der Waals surface area contributed by atoms with Gasteiger partial charge in [-0.3, -0.25) is 0 Å². The Morgan fingerprint density at radius 2 is 2.20 bits per heavy atom. The third kappa shape index (κ3) is 2.56. The van der Waals surface area contributed by atoms with Gasteiger partial charge in [0.05, 0.1) is 17.8 Å². The molecule has 2 heterocycles. The number of nitriles is 1. The fraction of sp³-hybridized carbons (Fsp3) is 0.333. The van der Waals surface area contributed by atoms with Crippen molar-refractivity contribution in [3.8, 4) is 17.2 Å². The van der Waals surface area contributed by atoms with Gasteiger partial charge in [-0.1, -0.05) is 0 Å². The van der Waals surface area contributed by atoms with Gasteiger partial charge in [-0.15, -0.1) is 0 Å². The molecule has 0 saturated carbocycles. The van der Waals surface area contributed by atoms with E-state index in [1.165, 1.54) is 12.1 Å². The predicted molar refractivity (Wildman–Crippen MR) is 71.2 cm³/mol. The minimum Gasteiger partial charge on any atom is -0.357 e. The topological polar surface area (TPSA) is 50.8 Å². The molecule has 0 N–H and O–H groups in total. The Labute approximate surface area is 116 Å². The fourth-order valence-electron chi connectivity index (χ4n) is 2.40. The highest BCUT2D eigenvalue weighted by atomic mass is 19.1. The molecule has 1 aliphatic rings. The summed E-state index contributed by atoms with van der Waals surface area (Å²) in [4.78, 5) is 0. The molecule has 1 unspecified atom stereocenters. The van der Waals surface area contributed by atoms with E-state index in [9.17, 15) is 4.39 Å². The van der Waals surface area contributed by atoms with Crippen LogP contribution in [0.1, 0.15) is 31.1 Å². The molecule has 0 aliphatic carbocycles. The Hall–Kier alpha value is -2.19. The van der Waals surface area contributed by atoms with Crippen LogP contribution in [0.2, 0.25) is 0 Å². The Bertz CT molecular complexity index is 653. The van der Waals surface area contributed by atoms with Crippen LogP contribution in [0.15, 0.2) is 30.6 Å². The van der Waals surface area contributed by atoms with E-state index in [2.05, 4.69) is 5.10 Å². The van der Waals surface area contributed by atoms with Crippen LogP contribution in [-0.4, -0.2) is 16.4 Å². The lowest BCUT2D eigenvalue weighted by atomic mass is 10.1. The molecule has 2 aromatic rings. The Kier molecular flexibility index (Phi) is 3.48. The van der Waals surface area contributed by atoms with Gasteiger partial charge >= 0.3 is 0 Å². The number of rotatable bonds is 2. The highest BCUT2D eigenvalue weighted by molar-refractivity contribution is 5.63. The normalized spacial score (nSPS) is 18.7. The number of nitrogens with zero attached hydrogens (tertiary/aromatic N) is 3. The SMILES string of the molecule is N#Cc1cc(F)cc(-c2cnn(C3CCCCO3)c2)c1. The van der Waals surface area contributed by atoms with Crippen LogP contribution in [0.3, 0.4) is 0 Å². The summed E-state index contributed by atoms with van der Waals surface area (Å²) in [6.45, 7) is 0.748. The van der Waals surface area contributed by atoms with Crippen molar-refractivity contribution in [1.82, 2.24) is 9.78 Å². The zero-order valence-electron chi connectivity index (χ0n) is 10.9. The van der Waals surface area contributed by atoms with Gasteiger partial charge in [0.15, 0.2) is 0 Å². The molecular weight excluding hydrogens is 257 g/mol. The third-order valence-corrected chi connectivity index (χ3v) is 3.41. The first-order chi connectivity index (χ1) is 9.76. The van der Waals surface area contributed by atoms with Gasteiger partial charge in [0.2, 0.25) is 0 Å². The van der Waals surface area contributed by atoms with Gasteiger partial charge < -0.3 is 4.74 Å². The summed E-state index contributed by atoms with van der Waals surface area (Å²) in [5.74, 6) is -0.416. The molecule has 1 fully saturated rings. The van der Waals surface area contributed by atoms with Gasteiger partial charge in [-0.05, 0) is 43.0 Å². The van der Waals surface area contributed by atoms with Crippen LogP contribution >= 0.6 is 0 Å². The molecule has 0 amide bonds. The van der Waals surface area contributed by atoms with Crippen molar-refractivity contribution in [3.63, 3.8) is 0 Å². The number of hydrogen-bond acceptors (Lipinski definition) is 3. The van der Waals surface area contributed by atoms with E-state index >= 15 is 0 Å². The van der Waals surface area contributed by atoms with Gasteiger partial charge in [-0.25, -0.2) is 9.07 Å². The molecule has 0 radical (unpaired) electrons. The molecule has 4 nitrogen and oxygen atoms in total. The van der Waals surface area contributed by atoms with Crippen LogP contribution in [0.5, 0.6) is 0 Å². The van der Waals surface area contributed by atoms with Crippen LogP contribution in [-0.2, 0) is 4.74 Å². The second-order valence-electron chi connectivity index (χ2n) is 4.87. The molecule has 1 aromatic heterocycles. The molecule has 0 bridgehead atoms. The maximum atomic E-state index is 13.5. The highest BCUT2D eigenvalue weighted by Crippen LogP contribution is 2.26. The third-order valence-electron chi connectivity index (χ3n) is 3.41. The van der Waals surface area contributed by atoms with Gasteiger partial charge in [-0.2, -0.15) is 10.4 Å². The number of ether oxygens (including phenoxy) is 1. The van der Waals surface area contributed by atoms with Gasteiger partial charge in [0, 0.05) is 18.4 Å². The van der Waals surface area contributed by atoms with Crippen molar-refractivity contribution >= 4 is 0 Å². The van der Waals surface area contributed by atoms with Crippen LogP contribution in [0, 0.1) is 17.1 Å². The minimum absolute atomic E-state index is 0.0403. The smallest absolute Gasteiger partial charge is 0.150 e. The summed E-state index contributed by atoms with van der Waals surface area (Å²) in [5, 5.41) is 13.2. The van der Waals surface area contributed by atoms with E-state index in [1.54, 1.807) is 16.9 Å². The lowest BCUT2D eigenvalue weighted by Crippen LogP contribution is -2.18. The number of aromatic nitrogens is 2. The zero-order valence-corrected chi connectivity index (χ0v) is 10.9. The largest absolute Gasteiger partial charge is 0.357 e. The minimum atomic E-state index is -0.416. The molecule has 0 spiro atoms. The molecule has 102 valence electrons. The van der Waals surface area contributed by atoms with E-state index < -0.39 is 5.82 Å². The average Bonchev–Trinajstić information content (AvgIpc) is 2.97. The molecule has 1 aliphatic heterocycles. The summed E-state index contributed by atoms with van der Waals surface area (Å²) in [6.07, 6.45) is 6.62. The van der Waals surface area contributed by atoms with Crippen LogP contribution < -0.4 is 0 Å². The fourth-order valence-corrected chi connectivity index (χ4v) is 2.40. The Balaban J connectivity index is 1.90. The Morgan fingerprint density at radius 3 is 2.95 bits per heavy atom. The number of halogens is 1. The first-order valence-corrected chi connectivity index (χ1v) is 6.63. The number of hydrogen-bond donors (Lipinski definition) is 0. The first-order valence-electron chi connectivity index (χ1n) is 6.63. The first kappa shape index (κ1) is 12.8. The lowest BCUT2D eigenvalue weighted by molar-refractivity contribution is -0.0394. The summed E-state index contributed by atoms with van der Waals surface area (Å²) in [7, 11) is 0. The van der Waals surface area contributed by atoms with Gasteiger partial charge in [0.25, 0.3) is 0 Å². The predicted octanol–water partition coefficient (Wildman–Crippen LogP) is 3.26. The summed E-state index contributed by atoms with van der Waals surface area (Å²) < 4.78 is 20.9. The molecular formula is C15H14FN3O. The standard InChI is InChI=1S/C15H14FN3O/c16-14-6-11(8-17)5-12(7-14)13-9-18-19(10-13)15-3-1-2-4-20-15/h5-7,9-10,15H,1-4H2. The Morgan fingerprint density at radius 1 is 1.30 bits per heavy atom.